The van der Waals surface area contributed by atoms with Gasteiger partial charge in [0.25, 0.3) is 5.91 Å². The Balaban J connectivity index is 1.68. The number of nitrogens with one attached hydrogen (secondary N) is 1. The topological polar surface area (TPSA) is 60.1 Å². The molecule has 2 aromatic heterocycles. The summed E-state index contributed by atoms with van der Waals surface area (Å²) in [5.74, 6) is 0.580. The maximum atomic E-state index is 12.2. The molecule has 0 radical (unpaired) electrons. The second-order valence-electron chi connectivity index (χ2n) is 5.05. The summed E-state index contributed by atoms with van der Waals surface area (Å²) in [4.78, 5) is 12.2. The number of aromatic nitrogens is 2. The molecule has 2 heterocycles. The van der Waals surface area contributed by atoms with Gasteiger partial charge in [-0.2, -0.15) is 5.10 Å². The number of carbonyl (C=O) groups is 1. The Hall–Kier alpha value is -2.82. The van der Waals surface area contributed by atoms with Crippen LogP contribution in [-0.2, 0) is 13.1 Å². The number of benzene rings is 1. The SMILES string of the molecule is Cc1c(C(=O)NCc2ccco2)cnn1Cc1ccccc1. The maximum absolute atomic E-state index is 12.2. The van der Waals surface area contributed by atoms with Crippen molar-refractivity contribution in [3.05, 3.63) is 77.5 Å². The third kappa shape index (κ3) is 3.09. The zero-order valence-electron chi connectivity index (χ0n) is 12.3. The number of rotatable bonds is 5. The monoisotopic (exact) mass is 295 g/mol. The van der Waals surface area contributed by atoms with Crippen LogP contribution in [0.2, 0.25) is 0 Å². The van der Waals surface area contributed by atoms with E-state index in [1.165, 1.54) is 0 Å². The van der Waals surface area contributed by atoms with Crippen molar-refractivity contribution in [1.82, 2.24) is 15.1 Å². The van der Waals surface area contributed by atoms with Gasteiger partial charge in [-0.1, -0.05) is 30.3 Å². The number of nitrogens with zero attached hydrogens (tertiary/aromatic N) is 2. The molecule has 3 rings (SSSR count). The number of hydrogen-bond donors (Lipinski definition) is 1. The van der Waals surface area contributed by atoms with Gasteiger partial charge in [-0.25, -0.2) is 0 Å². The molecule has 22 heavy (non-hydrogen) atoms. The molecule has 0 saturated carbocycles. The highest BCUT2D eigenvalue weighted by Gasteiger charge is 2.14. The second-order valence-corrected chi connectivity index (χ2v) is 5.05. The largest absolute Gasteiger partial charge is 0.467 e. The normalized spacial score (nSPS) is 10.6. The highest BCUT2D eigenvalue weighted by molar-refractivity contribution is 5.94. The molecule has 0 spiro atoms. The van der Waals surface area contributed by atoms with Crippen LogP contribution in [0.15, 0.2) is 59.3 Å². The maximum Gasteiger partial charge on any atom is 0.255 e. The molecule has 0 saturated heterocycles. The van der Waals surface area contributed by atoms with E-state index < -0.39 is 0 Å². The Morgan fingerprint density at radius 2 is 2.05 bits per heavy atom. The Morgan fingerprint density at radius 3 is 2.77 bits per heavy atom. The quantitative estimate of drug-likeness (QED) is 0.787. The van der Waals surface area contributed by atoms with Crippen LogP contribution in [-0.4, -0.2) is 15.7 Å². The van der Waals surface area contributed by atoms with Crippen molar-refractivity contribution in [2.45, 2.75) is 20.0 Å². The van der Waals surface area contributed by atoms with Gasteiger partial charge in [-0.15, -0.1) is 0 Å². The van der Waals surface area contributed by atoms with Gasteiger partial charge in [0, 0.05) is 5.69 Å². The van der Waals surface area contributed by atoms with Crippen molar-refractivity contribution < 1.29 is 9.21 Å². The van der Waals surface area contributed by atoms with E-state index in [0.717, 1.165) is 17.0 Å². The van der Waals surface area contributed by atoms with Crippen molar-refractivity contribution in [3.63, 3.8) is 0 Å². The number of carbonyl (C=O) groups excluding carboxylic acids is 1. The summed E-state index contributed by atoms with van der Waals surface area (Å²) >= 11 is 0. The fourth-order valence-electron chi connectivity index (χ4n) is 2.26. The summed E-state index contributed by atoms with van der Waals surface area (Å²) in [7, 11) is 0. The Kier molecular flexibility index (Phi) is 4.05. The van der Waals surface area contributed by atoms with Crippen molar-refractivity contribution in [3.8, 4) is 0 Å². The van der Waals surface area contributed by atoms with E-state index in [4.69, 9.17) is 4.42 Å². The van der Waals surface area contributed by atoms with E-state index >= 15 is 0 Å². The lowest BCUT2D eigenvalue weighted by atomic mass is 10.2. The van der Waals surface area contributed by atoms with Crippen LogP contribution in [0.5, 0.6) is 0 Å². The molecule has 1 aromatic carbocycles. The van der Waals surface area contributed by atoms with Crippen LogP contribution in [0.4, 0.5) is 0 Å². The standard InChI is InChI=1S/C17H17N3O2/c1-13-16(17(21)18-10-15-8-5-9-22-15)11-19-20(13)12-14-6-3-2-4-7-14/h2-9,11H,10,12H2,1H3,(H,18,21). The molecule has 0 aliphatic carbocycles. The first kappa shape index (κ1) is 14.1. The van der Waals surface area contributed by atoms with Crippen LogP contribution in [0.1, 0.15) is 27.4 Å². The summed E-state index contributed by atoms with van der Waals surface area (Å²) in [6, 6.07) is 13.7. The van der Waals surface area contributed by atoms with Gasteiger partial charge in [-0.3, -0.25) is 9.48 Å². The van der Waals surface area contributed by atoms with Gasteiger partial charge in [0.2, 0.25) is 0 Å². The molecular weight excluding hydrogens is 278 g/mol. The lowest BCUT2D eigenvalue weighted by molar-refractivity contribution is 0.0947. The minimum absolute atomic E-state index is 0.145. The molecule has 1 amide bonds. The summed E-state index contributed by atoms with van der Waals surface area (Å²) in [5.41, 5.74) is 2.58. The van der Waals surface area contributed by atoms with Gasteiger partial charge in [0.15, 0.2) is 0 Å². The highest BCUT2D eigenvalue weighted by atomic mass is 16.3. The third-order valence-electron chi connectivity index (χ3n) is 3.53. The van der Waals surface area contributed by atoms with E-state index in [-0.39, 0.29) is 5.91 Å². The van der Waals surface area contributed by atoms with Crippen LogP contribution < -0.4 is 5.32 Å². The van der Waals surface area contributed by atoms with Crippen LogP contribution in [0, 0.1) is 6.92 Å². The molecule has 0 aliphatic rings. The molecule has 3 aromatic rings. The molecule has 5 nitrogen and oxygen atoms in total. The summed E-state index contributed by atoms with van der Waals surface area (Å²) in [6.07, 6.45) is 3.19. The minimum Gasteiger partial charge on any atom is -0.467 e. The molecule has 112 valence electrons. The summed E-state index contributed by atoms with van der Waals surface area (Å²) in [6.45, 7) is 2.92. The van der Waals surface area contributed by atoms with E-state index in [1.807, 2.05) is 48.0 Å². The van der Waals surface area contributed by atoms with Gasteiger partial charge < -0.3 is 9.73 Å². The molecule has 0 unspecified atom stereocenters. The molecule has 0 atom stereocenters. The summed E-state index contributed by atoms with van der Waals surface area (Å²) in [5, 5.41) is 7.14. The summed E-state index contributed by atoms with van der Waals surface area (Å²) < 4.78 is 7.03. The smallest absolute Gasteiger partial charge is 0.255 e. The first-order chi connectivity index (χ1) is 10.7. The predicted molar refractivity (Wildman–Crippen MR) is 82.4 cm³/mol. The third-order valence-corrected chi connectivity index (χ3v) is 3.53. The van der Waals surface area contributed by atoms with E-state index in [9.17, 15) is 4.79 Å². The van der Waals surface area contributed by atoms with Crippen LogP contribution >= 0.6 is 0 Å². The molecule has 0 aliphatic heterocycles. The highest BCUT2D eigenvalue weighted by Crippen LogP contribution is 2.10. The average molecular weight is 295 g/mol. The van der Waals surface area contributed by atoms with E-state index in [1.54, 1.807) is 18.5 Å². The molecule has 0 bridgehead atoms. The molecule has 0 fully saturated rings. The van der Waals surface area contributed by atoms with Gasteiger partial charge in [-0.05, 0) is 24.6 Å². The average Bonchev–Trinajstić information content (AvgIpc) is 3.17. The van der Waals surface area contributed by atoms with Crippen LogP contribution in [0.25, 0.3) is 0 Å². The minimum atomic E-state index is -0.145. The molecular formula is C17H17N3O2. The van der Waals surface area contributed by atoms with Gasteiger partial charge in [0.05, 0.1) is 31.1 Å². The lowest BCUT2D eigenvalue weighted by Gasteiger charge is -2.06. The molecule has 5 heteroatoms. The van der Waals surface area contributed by atoms with Crippen molar-refractivity contribution in [2.75, 3.05) is 0 Å². The number of amides is 1. The lowest BCUT2D eigenvalue weighted by Crippen LogP contribution is -2.23. The number of furan rings is 1. The first-order valence-electron chi connectivity index (χ1n) is 7.11. The Bertz CT molecular complexity index is 746. The van der Waals surface area contributed by atoms with Crippen molar-refractivity contribution in [1.29, 1.82) is 0 Å². The van der Waals surface area contributed by atoms with Crippen molar-refractivity contribution in [2.24, 2.45) is 0 Å². The predicted octanol–water partition coefficient (Wildman–Crippen LogP) is 2.76. The Morgan fingerprint density at radius 1 is 1.23 bits per heavy atom. The first-order valence-corrected chi connectivity index (χ1v) is 7.11. The second kappa shape index (κ2) is 6.30. The van der Waals surface area contributed by atoms with E-state index in [2.05, 4.69) is 10.4 Å². The van der Waals surface area contributed by atoms with E-state index in [0.29, 0.717) is 18.7 Å². The fourth-order valence-corrected chi connectivity index (χ4v) is 2.26. The number of hydrogen-bond acceptors (Lipinski definition) is 3. The fraction of sp³-hybridized carbons (Fsp3) is 0.176. The van der Waals surface area contributed by atoms with Crippen molar-refractivity contribution >= 4 is 5.91 Å². The zero-order chi connectivity index (χ0) is 15.4. The van der Waals surface area contributed by atoms with Gasteiger partial charge in [0.1, 0.15) is 5.76 Å². The van der Waals surface area contributed by atoms with Crippen LogP contribution in [0.3, 0.4) is 0 Å². The zero-order valence-corrected chi connectivity index (χ0v) is 12.3. The van der Waals surface area contributed by atoms with Gasteiger partial charge >= 0.3 is 0 Å². The Labute approximate surface area is 128 Å². The molecule has 1 N–H and O–H groups in total.